The average molecular weight is 327 g/mol. The Bertz CT molecular complexity index is 960. The SMILES string of the molecule is Cc1noc([C@@H](C)NC(=O)Cc2nn(C)c(=O)c3ccccc23)n1. The van der Waals surface area contributed by atoms with E-state index in [-0.39, 0.29) is 17.9 Å². The van der Waals surface area contributed by atoms with Gasteiger partial charge < -0.3 is 9.84 Å². The van der Waals surface area contributed by atoms with E-state index in [2.05, 4.69) is 20.6 Å². The van der Waals surface area contributed by atoms with Gasteiger partial charge in [0.1, 0.15) is 6.04 Å². The first-order valence-electron chi connectivity index (χ1n) is 7.50. The molecule has 0 aliphatic rings. The largest absolute Gasteiger partial charge is 0.344 e. The van der Waals surface area contributed by atoms with Crippen LogP contribution in [0.25, 0.3) is 10.8 Å². The maximum absolute atomic E-state index is 12.3. The summed E-state index contributed by atoms with van der Waals surface area (Å²) < 4.78 is 6.29. The minimum Gasteiger partial charge on any atom is -0.344 e. The summed E-state index contributed by atoms with van der Waals surface area (Å²) in [5.41, 5.74) is 0.351. The molecule has 1 amide bonds. The lowest BCUT2D eigenvalue weighted by Crippen LogP contribution is -2.30. The van der Waals surface area contributed by atoms with E-state index >= 15 is 0 Å². The van der Waals surface area contributed by atoms with E-state index in [1.54, 1.807) is 39.1 Å². The van der Waals surface area contributed by atoms with Crippen LogP contribution in [0.1, 0.15) is 30.4 Å². The Morgan fingerprint density at radius 1 is 1.33 bits per heavy atom. The van der Waals surface area contributed by atoms with Gasteiger partial charge in [-0.2, -0.15) is 10.1 Å². The maximum Gasteiger partial charge on any atom is 0.274 e. The zero-order valence-electron chi connectivity index (χ0n) is 13.6. The van der Waals surface area contributed by atoms with Gasteiger partial charge in [-0.05, 0) is 19.9 Å². The van der Waals surface area contributed by atoms with E-state index < -0.39 is 6.04 Å². The van der Waals surface area contributed by atoms with Gasteiger partial charge in [0.2, 0.25) is 11.8 Å². The normalized spacial score (nSPS) is 12.3. The topological polar surface area (TPSA) is 103 Å². The molecule has 0 bridgehead atoms. The summed E-state index contributed by atoms with van der Waals surface area (Å²) in [5.74, 6) is 0.616. The van der Waals surface area contributed by atoms with Crippen molar-refractivity contribution in [2.45, 2.75) is 26.3 Å². The van der Waals surface area contributed by atoms with Crippen LogP contribution >= 0.6 is 0 Å². The number of amides is 1. The van der Waals surface area contributed by atoms with E-state index in [1.807, 2.05) is 6.07 Å². The van der Waals surface area contributed by atoms with Gasteiger partial charge in [-0.3, -0.25) is 9.59 Å². The summed E-state index contributed by atoms with van der Waals surface area (Å²) in [6.07, 6.45) is 0.0477. The fraction of sp³-hybridized carbons (Fsp3) is 0.312. The summed E-state index contributed by atoms with van der Waals surface area (Å²) in [6, 6.07) is 6.71. The Balaban J connectivity index is 1.83. The van der Waals surface area contributed by atoms with Crippen LogP contribution in [0, 0.1) is 6.92 Å². The standard InChI is InChI=1S/C16H17N5O3/c1-9(15-18-10(2)20-24-15)17-14(22)8-13-11-6-4-5-7-12(11)16(23)21(3)19-13/h4-7,9H,8H2,1-3H3,(H,17,22)/t9-/m1/s1. The van der Waals surface area contributed by atoms with Crippen molar-refractivity contribution in [1.82, 2.24) is 25.2 Å². The number of benzene rings is 1. The van der Waals surface area contributed by atoms with E-state index in [0.717, 1.165) is 0 Å². The number of fused-ring (bicyclic) bond motifs is 1. The number of aryl methyl sites for hydroxylation is 2. The number of hydrogen-bond donors (Lipinski definition) is 1. The fourth-order valence-electron chi connectivity index (χ4n) is 2.50. The van der Waals surface area contributed by atoms with E-state index in [9.17, 15) is 9.59 Å². The number of carbonyl (C=O) groups excluding carboxylic acids is 1. The molecule has 0 radical (unpaired) electrons. The third kappa shape index (κ3) is 3.03. The first-order valence-corrected chi connectivity index (χ1v) is 7.50. The van der Waals surface area contributed by atoms with Crippen LogP contribution < -0.4 is 10.9 Å². The Morgan fingerprint density at radius 3 is 2.71 bits per heavy atom. The summed E-state index contributed by atoms with van der Waals surface area (Å²) in [4.78, 5) is 28.5. The van der Waals surface area contributed by atoms with Crippen molar-refractivity contribution >= 4 is 16.7 Å². The minimum absolute atomic E-state index is 0.0477. The van der Waals surface area contributed by atoms with Crippen molar-refractivity contribution in [1.29, 1.82) is 0 Å². The molecule has 24 heavy (non-hydrogen) atoms. The molecule has 1 aromatic carbocycles. The molecule has 1 N–H and O–H groups in total. The summed E-state index contributed by atoms with van der Waals surface area (Å²) >= 11 is 0. The summed E-state index contributed by atoms with van der Waals surface area (Å²) in [7, 11) is 1.57. The Kier molecular flexibility index (Phi) is 4.11. The zero-order chi connectivity index (χ0) is 17.3. The molecule has 0 aliphatic heterocycles. The molecule has 0 aliphatic carbocycles. The first-order chi connectivity index (χ1) is 11.5. The van der Waals surface area contributed by atoms with Crippen LogP contribution in [0.15, 0.2) is 33.6 Å². The molecule has 0 unspecified atom stereocenters. The highest BCUT2D eigenvalue weighted by Gasteiger charge is 2.17. The lowest BCUT2D eigenvalue weighted by Gasteiger charge is -2.11. The summed E-state index contributed by atoms with van der Waals surface area (Å²) in [6.45, 7) is 3.47. The molecule has 2 aromatic heterocycles. The molecule has 2 heterocycles. The van der Waals surface area contributed by atoms with Crippen LogP contribution in [-0.2, 0) is 18.3 Å². The van der Waals surface area contributed by atoms with Gasteiger partial charge >= 0.3 is 0 Å². The van der Waals surface area contributed by atoms with Crippen LogP contribution in [-0.4, -0.2) is 25.8 Å². The van der Waals surface area contributed by atoms with Crippen molar-refractivity contribution in [2.24, 2.45) is 7.05 Å². The molecule has 124 valence electrons. The number of nitrogens with one attached hydrogen (secondary N) is 1. The number of aromatic nitrogens is 4. The van der Waals surface area contributed by atoms with Crippen LogP contribution in [0.2, 0.25) is 0 Å². The number of carbonyl (C=O) groups is 1. The van der Waals surface area contributed by atoms with Crippen molar-refractivity contribution < 1.29 is 9.32 Å². The van der Waals surface area contributed by atoms with Crippen LogP contribution in [0.3, 0.4) is 0 Å². The monoisotopic (exact) mass is 327 g/mol. The average Bonchev–Trinajstić information content (AvgIpc) is 2.99. The third-order valence-corrected chi connectivity index (χ3v) is 3.65. The van der Waals surface area contributed by atoms with Gasteiger partial charge in [-0.1, -0.05) is 23.4 Å². The molecule has 1 atom stereocenters. The van der Waals surface area contributed by atoms with Crippen LogP contribution in [0.5, 0.6) is 0 Å². The predicted molar refractivity (Wildman–Crippen MR) is 86.3 cm³/mol. The lowest BCUT2D eigenvalue weighted by atomic mass is 10.1. The van der Waals surface area contributed by atoms with Crippen molar-refractivity contribution in [3.05, 3.63) is 52.0 Å². The second-order valence-electron chi connectivity index (χ2n) is 5.57. The molecular formula is C16H17N5O3. The molecule has 3 rings (SSSR count). The Labute approximate surface area is 137 Å². The molecule has 0 saturated heterocycles. The van der Waals surface area contributed by atoms with E-state index in [1.165, 1.54) is 4.68 Å². The highest BCUT2D eigenvalue weighted by atomic mass is 16.5. The van der Waals surface area contributed by atoms with Gasteiger partial charge in [0.15, 0.2) is 5.82 Å². The van der Waals surface area contributed by atoms with E-state index in [0.29, 0.717) is 28.2 Å². The smallest absolute Gasteiger partial charge is 0.274 e. The van der Waals surface area contributed by atoms with Gasteiger partial charge in [-0.25, -0.2) is 4.68 Å². The van der Waals surface area contributed by atoms with Gasteiger partial charge in [0, 0.05) is 12.4 Å². The molecule has 8 heteroatoms. The number of hydrogen-bond acceptors (Lipinski definition) is 6. The Morgan fingerprint density at radius 2 is 2.04 bits per heavy atom. The van der Waals surface area contributed by atoms with Gasteiger partial charge in [0.05, 0.1) is 17.5 Å². The lowest BCUT2D eigenvalue weighted by molar-refractivity contribution is -0.121. The number of nitrogens with zero attached hydrogens (tertiary/aromatic N) is 4. The zero-order valence-corrected chi connectivity index (χ0v) is 13.6. The third-order valence-electron chi connectivity index (χ3n) is 3.65. The van der Waals surface area contributed by atoms with Gasteiger partial charge in [-0.15, -0.1) is 0 Å². The molecule has 3 aromatic rings. The maximum atomic E-state index is 12.3. The summed E-state index contributed by atoms with van der Waals surface area (Å²) in [5, 5.41) is 11.9. The molecule has 0 saturated carbocycles. The highest BCUT2D eigenvalue weighted by molar-refractivity contribution is 5.88. The van der Waals surface area contributed by atoms with Crippen molar-refractivity contribution in [3.8, 4) is 0 Å². The van der Waals surface area contributed by atoms with Crippen molar-refractivity contribution in [2.75, 3.05) is 0 Å². The molecular weight excluding hydrogens is 310 g/mol. The molecule has 8 nitrogen and oxygen atoms in total. The fourth-order valence-corrected chi connectivity index (χ4v) is 2.50. The van der Waals surface area contributed by atoms with Crippen LogP contribution in [0.4, 0.5) is 0 Å². The van der Waals surface area contributed by atoms with E-state index in [4.69, 9.17) is 4.52 Å². The molecule has 0 spiro atoms. The molecule has 0 fully saturated rings. The quantitative estimate of drug-likeness (QED) is 0.768. The Hall–Kier alpha value is -3.03. The highest BCUT2D eigenvalue weighted by Crippen LogP contribution is 2.14. The second-order valence-corrected chi connectivity index (χ2v) is 5.57. The first kappa shape index (κ1) is 15.9. The van der Waals surface area contributed by atoms with Gasteiger partial charge in [0.25, 0.3) is 5.56 Å². The van der Waals surface area contributed by atoms with Crippen molar-refractivity contribution in [3.63, 3.8) is 0 Å². The second kappa shape index (κ2) is 6.23. The predicted octanol–water partition coefficient (Wildman–Crippen LogP) is 1.04. The number of rotatable bonds is 4. The minimum atomic E-state index is -0.405.